The Morgan fingerprint density at radius 1 is 1.40 bits per heavy atom. The molecule has 0 radical (unpaired) electrons. The number of rotatable bonds is 11. The smallest absolute Gasteiger partial charge is 0.0948 e. The van der Waals surface area contributed by atoms with Gasteiger partial charge in [0.25, 0.3) is 0 Å². The van der Waals surface area contributed by atoms with Crippen molar-refractivity contribution in [1.82, 2.24) is 19.8 Å². The van der Waals surface area contributed by atoms with E-state index >= 15 is 0 Å². The van der Waals surface area contributed by atoms with Crippen molar-refractivity contribution in [2.75, 3.05) is 33.9 Å². The van der Waals surface area contributed by atoms with Crippen LogP contribution in [0.25, 0.3) is 0 Å². The molecule has 1 rings (SSSR count). The minimum atomic E-state index is 0.629. The van der Waals surface area contributed by atoms with E-state index in [2.05, 4.69) is 40.7 Å². The van der Waals surface area contributed by atoms with Crippen molar-refractivity contribution in [2.24, 2.45) is 0 Å². The van der Waals surface area contributed by atoms with Crippen molar-refractivity contribution in [3.8, 4) is 0 Å². The number of aryl methyl sites for hydroxylation is 1. The molecule has 116 valence electrons. The van der Waals surface area contributed by atoms with Crippen LogP contribution in [0.5, 0.6) is 0 Å². The topological polar surface area (TPSA) is 42.3 Å². The van der Waals surface area contributed by atoms with Crippen molar-refractivity contribution in [2.45, 2.75) is 45.8 Å². The van der Waals surface area contributed by atoms with E-state index in [1.165, 1.54) is 18.5 Å². The van der Waals surface area contributed by atoms with Gasteiger partial charge < -0.3 is 19.5 Å². The minimum Gasteiger partial charge on any atom is -0.383 e. The summed E-state index contributed by atoms with van der Waals surface area (Å²) >= 11 is 0. The first-order valence-electron chi connectivity index (χ1n) is 7.54. The Morgan fingerprint density at radius 2 is 2.20 bits per heavy atom. The van der Waals surface area contributed by atoms with Crippen molar-refractivity contribution in [3.63, 3.8) is 0 Å². The summed E-state index contributed by atoms with van der Waals surface area (Å²) in [5.41, 5.74) is 1.25. The fourth-order valence-corrected chi connectivity index (χ4v) is 1.99. The highest BCUT2D eigenvalue weighted by atomic mass is 16.5. The lowest BCUT2D eigenvalue weighted by molar-refractivity contribution is 0.199. The number of imidazole rings is 1. The fourth-order valence-electron chi connectivity index (χ4n) is 1.99. The van der Waals surface area contributed by atoms with Gasteiger partial charge in [0.2, 0.25) is 0 Å². The molecule has 5 heteroatoms. The highest BCUT2D eigenvalue weighted by molar-refractivity contribution is 4.97. The third-order valence-corrected chi connectivity index (χ3v) is 3.63. The van der Waals surface area contributed by atoms with E-state index in [1.807, 2.05) is 12.5 Å². The second kappa shape index (κ2) is 9.91. The molecule has 0 aliphatic heterocycles. The van der Waals surface area contributed by atoms with Gasteiger partial charge in [-0.1, -0.05) is 0 Å². The molecule has 0 aliphatic rings. The molecule has 20 heavy (non-hydrogen) atoms. The van der Waals surface area contributed by atoms with Crippen LogP contribution in [0, 0.1) is 0 Å². The van der Waals surface area contributed by atoms with Gasteiger partial charge in [-0.25, -0.2) is 4.98 Å². The maximum Gasteiger partial charge on any atom is 0.0948 e. The highest BCUT2D eigenvalue weighted by Crippen LogP contribution is 2.04. The molecule has 0 saturated heterocycles. The molecular formula is C15H30N4O. The highest BCUT2D eigenvalue weighted by Gasteiger charge is 2.04. The first kappa shape index (κ1) is 17.1. The van der Waals surface area contributed by atoms with Crippen LogP contribution in [-0.2, 0) is 17.8 Å². The molecule has 0 aromatic carbocycles. The molecule has 1 heterocycles. The zero-order valence-electron chi connectivity index (χ0n) is 13.4. The molecule has 0 bridgehead atoms. The third kappa shape index (κ3) is 6.50. The lowest BCUT2D eigenvalue weighted by atomic mass is 10.2. The van der Waals surface area contributed by atoms with Gasteiger partial charge in [0, 0.05) is 39.0 Å². The van der Waals surface area contributed by atoms with Gasteiger partial charge >= 0.3 is 0 Å². The largest absolute Gasteiger partial charge is 0.383 e. The second-order valence-electron chi connectivity index (χ2n) is 5.53. The zero-order valence-corrected chi connectivity index (χ0v) is 13.4. The molecule has 1 aromatic heterocycles. The Labute approximate surface area is 123 Å². The number of aromatic nitrogens is 2. The average Bonchev–Trinajstić information content (AvgIpc) is 2.87. The van der Waals surface area contributed by atoms with Crippen molar-refractivity contribution in [3.05, 3.63) is 18.2 Å². The Balaban J connectivity index is 2.22. The van der Waals surface area contributed by atoms with Gasteiger partial charge in [0.1, 0.15) is 0 Å². The molecule has 0 atom stereocenters. The molecule has 0 aliphatic carbocycles. The molecule has 0 amide bonds. The van der Waals surface area contributed by atoms with E-state index < -0.39 is 0 Å². The standard InChI is InChI=1S/C15H30N4O/c1-14(2)18(3)8-5-6-9-19-13-17-12-15(19)11-16-7-10-20-4/h12-14,16H,5-11H2,1-4H3. The summed E-state index contributed by atoms with van der Waals surface area (Å²) in [6.07, 6.45) is 6.29. The summed E-state index contributed by atoms with van der Waals surface area (Å²) in [7, 11) is 3.91. The van der Waals surface area contributed by atoms with Crippen LogP contribution in [-0.4, -0.2) is 54.3 Å². The van der Waals surface area contributed by atoms with E-state index in [0.717, 1.165) is 32.8 Å². The number of ether oxygens (including phenoxy) is 1. The first-order chi connectivity index (χ1) is 9.65. The van der Waals surface area contributed by atoms with E-state index in [4.69, 9.17) is 4.74 Å². The summed E-state index contributed by atoms with van der Waals surface area (Å²) in [6.45, 7) is 9.16. The lowest BCUT2D eigenvalue weighted by Gasteiger charge is -2.20. The predicted octanol–water partition coefficient (Wildman–Crippen LogP) is 1.74. The molecular weight excluding hydrogens is 252 g/mol. The number of hydrogen-bond donors (Lipinski definition) is 1. The van der Waals surface area contributed by atoms with Crippen molar-refractivity contribution < 1.29 is 4.74 Å². The first-order valence-corrected chi connectivity index (χ1v) is 7.54. The number of hydrogen-bond acceptors (Lipinski definition) is 4. The lowest BCUT2D eigenvalue weighted by Crippen LogP contribution is -2.27. The Kier molecular flexibility index (Phi) is 8.49. The predicted molar refractivity (Wildman–Crippen MR) is 82.8 cm³/mol. The third-order valence-electron chi connectivity index (χ3n) is 3.63. The van der Waals surface area contributed by atoms with Crippen LogP contribution >= 0.6 is 0 Å². The van der Waals surface area contributed by atoms with E-state index in [-0.39, 0.29) is 0 Å². The average molecular weight is 282 g/mol. The fraction of sp³-hybridized carbons (Fsp3) is 0.800. The SMILES string of the molecule is COCCNCc1cncn1CCCCN(C)C(C)C. The number of nitrogens with one attached hydrogen (secondary N) is 1. The number of unbranched alkanes of at least 4 members (excludes halogenated alkanes) is 1. The van der Waals surface area contributed by atoms with Crippen molar-refractivity contribution >= 4 is 0 Å². The summed E-state index contributed by atoms with van der Waals surface area (Å²) < 4.78 is 7.27. The number of nitrogens with zero attached hydrogens (tertiary/aromatic N) is 3. The van der Waals surface area contributed by atoms with Crippen LogP contribution in [0.1, 0.15) is 32.4 Å². The molecule has 1 aromatic rings. The summed E-state index contributed by atoms with van der Waals surface area (Å²) in [5, 5.41) is 3.36. The van der Waals surface area contributed by atoms with E-state index in [0.29, 0.717) is 6.04 Å². The van der Waals surface area contributed by atoms with Crippen LogP contribution in [0.15, 0.2) is 12.5 Å². The van der Waals surface area contributed by atoms with E-state index in [1.54, 1.807) is 7.11 Å². The Bertz CT molecular complexity index is 351. The monoisotopic (exact) mass is 282 g/mol. The maximum absolute atomic E-state index is 5.02. The summed E-state index contributed by atoms with van der Waals surface area (Å²) in [6, 6.07) is 0.629. The summed E-state index contributed by atoms with van der Waals surface area (Å²) in [4.78, 5) is 6.63. The van der Waals surface area contributed by atoms with Gasteiger partial charge in [-0.3, -0.25) is 0 Å². The van der Waals surface area contributed by atoms with Crippen LogP contribution < -0.4 is 5.32 Å². The number of methoxy groups -OCH3 is 1. The molecule has 0 saturated carbocycles. The van der Waals surface area contributed by atoms with Crippen LogP contribution in [0.2, 0.25) is 0 Å². The van der Waals surface area contributed by atoms with Gasteiger partial charge in [-0.2, -0.15) is 0 Å². The zero-order chi connectivity index (χ0) is 14.8. The normalized spacial score (nSPS) is 11.7. The molecule has 0 fully saturated rings. The molecule has 1 N–H and O–H groups in total. The second-order valence-corrected chi connectivity index (χ2v) is 5.53. The molecule has 5 nitrogen and oxygen atoms in total. The Morgan fingerprint density at radius 3 is 2.90 bits per heavy atom. The summed E-state index contributed by atoms with van der Waals surface area (Å²) in [5.74, 6) is 0. The molecule has 0 spiro atoms. The minimum absolute atomic E-state index is 0.629. The van der Waals surface area contributed by atoms with Gasteiger partial charge in [0.15, 0.2) is 0 Å². The van der Waals surface area contributed by atoms with Gasteiger partial charge in [-0.05, 0) is 40.3 Å². The van der Waals surface area contributed by atoms with Gasteiger partial charge in [0.05, 0.1) is 18.6 Å². The van der Waals surface area contributed by atoms with Crippen molar-refractivity contribution in [1.29, 1.82) is 0 Å². The quantitative estimate of drug-likeness (QED) is 0.628. The van der Waals surface area contributed by atoms with Gasteiger partial charge in [-0.15, -0.1) is 0 Å². The molecule has 0 unspecified atom stereocenters. The van der Waals surface area contributed by atoms with E-state index in [9.17, 15) is 0 Å². The Hall–Kier alpha value is -0.910. The van der Waals surface area contributed by atoms with Crippen LogP contribution in [0.3, 0.4) is 0 Å². The van der Waals surface area contributed by atoms with Crippen LogP contribution in [0.4, 0.5) is 0 Å². The maximum atomic E-state index is 5.02.